The summed E-state index contributed by atoms with van der Waals surface area (Å²) < 4.78 is 8.32. The maximum Gasteiger partial charge on any atom is 0.354 e. The van der Waals surface area contributed by atoms with Crippen molar-refractivity contribution >= 4 is 22.5 Å². The summed E-state index contributed by atoms with van der Waals surface area (Å²) in [6.07, 6.45) is 1.65. The van der Waals surface area contributed by atoms with Gasteiger partial charge in [0.15, 0.2) is 0 Å². The van der Waals surface area contributed by atoms with Gasteiger partial charge in [-0.15, -0.1) is 5.10 Å². The Morgan fingerprint density at radius 2 is 2.50 bits per heavy atom. The van der Waals surface area contributed by atoms with E-state index in [9.17, 15) is 4.79 Å². The highest BCUT2D eigenvalue weighted by Crippen LogP contribution is 2.11. The molecule has 84 valence electrons. The summed E-state index contributed by atoms with van der Waals surface area (Å²) in [5, 5.41) is 7.71. The SMILES string of the molecule is COC(=O)c1ccc(CNc2cnns2)[nH]1. The molecule has 2 N–H and O–H groups in total. The molecular weight excluding hydrogens is 228 g/mol. The molecule has 0 bridgehead atoms. The Morgan fingerprint density at radius 1 is 1.62 bits per heavy atom. The number of carbonyl (C=O) groups is 1. The van der Waals surface area contributed by atoms with Crippen molar-refractivity contribution < 1.29 is 9.53 Å². The van der Waals surface area contributed by atoms with Crippen molar-refractivity contribution in [2.45, 2.75) is 6.54 Å². The van der Waals surface area contributed by atoms with Crippen LogP contribution in [0.3, 0.4) is 0 Å². The van der Waals surface area contributed by atoms with Crippen molar-refractivity contribution in [1.29, 1.82) is 0 Å². The van der Waals surface area contributed by atoms with Crippen molar-refractivity contribution in [3.8, 4) is 0 Å². The summed E-state index contributed by atoms with van der Waals surface area (Å²) in [7, 11) is 1.35. The molecule has 0 radical (unpaired) electrons. The highest BCUT2D eigenvalue weighted by molar-refractivity contribution is 7.09. The predicted molar refractivity (Wildman–Crippen MR) is 59.4 cm³/mol. The van der Waals surface area contributed by atoms with Gasteiger partial charge in [-0.25, -0.2) is 4.79 Å². The minimum atomic E-state index is -0.370. The zero-order valence-electron chi connectivity index (χ0n) is 8.56. The number of aromatic amines is 1. The Kier molecular flexibility index (Phi) is 3.16. The molecule has 0 fully saturated rings. The molecule has 0 saturated heterocycles. The standard InChI is InChI=1S/C9H10N4O2S/c1-15-9(14)7-3-2-6(12-7)4-10-8-5-11-13-16-8/h2-3,5,10,12H,4H2,1H3. The third-order valence-corrected chi connectivity index (χ3v) is 2.59. The number of hydrogen-bond donors (Lipinski definition) is 2. The van der Waals surface area contributed by atoms with Gasteiger partial charge >= 0.3 is 5.97 Å². The Morgan fingerprint density at radius 3 is 3.19 bits per heavy atom. The van der Waals surface area contributed by atoms with E-state index in [4.69, 9.17) is 0 Å². The van der Waals surface area contributed by atoms with Crippen molar-refractivity contribution in [2.24, 2.45) is 0 Å². The van der Waals surface area contributed by atoms with E-state index >= 15 is 0 Å². The molecule has 0 amide bonds. The molecule has 0 aliphatic carbocycles. The van der Waals surface area contributed by atoms with E-state index in [2.05, 4.69) is 24.6 Å². The fourth-order valence-corrected chi connectivity index (χ4v) is 1.61. The molecular formula is C9H10N4O2S. The summed E-state index contributed by atoms with van der Waals surface area (Å²) in [4.78, 5) is 14.1. The number of aromatic nitrogens is 3. The summed E-state index contributed by atoms with van der Waals surface area (Å²) >= 11 is 1.28. The first-order chi connectivity index (χ1) is 7.79. The van der Waals surface area contributed by atoms with Crippen LogP contribution in [0.5, 0.6) is 0 Å². The van der Waals surface area contributed by atoms with Gasteiger partial charge in [0.2, 0.25) is 0 Å². The van der Waals surface area contributed by atoms with Gasteiger partial charge in [0.1, 0.15) is 10.7 Å². The van der Waals surface area contributed by atoms with E-state index in [0.717, 1.165) is 10.7 Å². The van der Waals surface area contributed by atoms with Crippen LogP contribution in [0.25, 0.3) is 0 Å². The number of hydrogen-bond acceptors (Lipinski definition) is 6. The summed E-state index contributed by atoms with van der Waals surface area (Å²) in [5.41, 5.74) is 1.34. The van der Waals surface area contributed by atoms with Crippen molar-refractivity contribution in [1.82, 2.24) is 14.6 Å². The quantitative estimate of drug-likeness (QED) is 0.784. The number of esters is 1. The largest absolute Gasteiger partial charge is 0.464 e. The predicted octanol–water partition coefficient (Wildman–Crippen LogP) is 1.26. The summed E-state index contributed by atoms with van der Waals surface area (Å²) in [6.45, 7) is 0.584. The van der Waals surface area contributed by atoms with Gasteiger partial charge in [0.25, 0.3) is 0 Å². The van der Waals surface area contributed by atoms with Crippen LogP contribution in [0.2, 0.25) is 0 Å². The number of ether oxygens (including phenoxy) is 1. The van der Waals surface area contributed by atoms with Crippen LogP contribution in [-0.4, -0.2) is 27.7 Å². The minimum absolute atomic E-state index is 0.370. The van der Waals surface area contributed by atoms with Crippen molar-refractivity contribution in [2.75, 3.05) is 12.4 Å². The molecule has 2 aromatic heterocycles. The zero-order chi connectivity index (χ0) is 11.4. The molecule has 2 rings (SSSR count). The molecule has 2 aromatic rings. The first-order valence-electron chi connectivity index (χ1n) is 4.57. The number of nitrogens with one attached hydrogen (secondary N) is 2. The molecule has 0 aliphatic rings. The van der Waals surface area contributed by atoms with Gasteiger partial charge in [-0.3, -0.25) is 0 Å². The monoisotopic (exact) mass is 238 g/mol. The normalized spacial score (nSPS) is 10.1. The first-order valence-corrected chi connectivity index (χ1v) is 5.34. The molecule has 0 unspecified atom stereocenters. The van der Waals surface area contributed by atoms with Crippen LogP contribution in [-0.2, 0) is 11.3 Å². The van der Waals surface area contributed by atoms with E-state index < -0.39 is 0 Å². The van der Waals surface area contributed by atoms with Crippen LogP contribution < -0.4 is 5.32 Å². The Labute approximate surface area is 95.8 Å². The van der Waals surface area contributed by atoms with Crippen molar-refractivity contribution in [3.05, 3.63) is 29.7 Å². The maximum atomic E-state index is 11.2. The van der Waals surface area contributed by atoms with Gasteiger partial charge in [0.05, 0.1) is 19.9 Å². The van der Waals surface area contributed by atoms with Crippen LogP contribution in [0.1, 0.15) is 16.2 Å². The van der Waals surface area contributed by atoms with Crippen LogP contribution in [0.4, 0.5) is 5.00 Å². The molecule has 7 heteroatoms. The molecule has 0 aromatic carbocycles. The van der Waals surface area contributed by atoms with E-state index in [1.807, 2.05) is 6.07 Å². The fourth-order valence-electron chi connectivity index (χ4n) is 1.20. The lowest BCUT2D eigenvalue weighted by Gasteiger charge is -1.99. The second kappa shape index (κ2) is 4.75. The summed E-state index contributed by atoms with van der Waals surface area (Å²) in [5.74, 6) is -0.370. The van der Waals surface area contributed by atoms with Gasteiger partial charge in [-0.05, 0) is 12.1 Å². The molecule has 16 heavy (non-hydrogen) atoms. The van der Waals surface area contributed by atoms with Gasteiger partial charge in [-0.1, -0.05) is 4.49 Å². The topological polar surface area (TPSA) is 79.9 Å². The Hall–Kier alpha value is -1.89. The highest BCUT2D eigenvalue weighted by atomic mass is 32.1. The molecule has 0 atom stereocenters. The smallest absolute Gasteiger partial charge is 0.354 e. The van der Waals surface area contributed by atoms with Gasteiger partial charge in [-0.2, -0.15) is 0 Å². The maximum absolute atomic E-state index is 11.2. The lowest BCUT2D eigenvalue weighted by Crippen LogP contribution is -2.03. The van der Waals surface area contributed by atoms with Crippen LogP contribution in [0.15, 0.2) is 18.3 Å². The Balaban J connectivity index is 1.95. The highest BCUT2D eigenvalue weighted by Gasteiger charge is 2.07. The molecule has 0 saturated carbocycles. The first kappa shape index (κ1) is 10.6. The summed E-state index contributed by atoms with van der Waals surface area (Å²) in [6, 6.07) is 3.52. The third kappa shape index (κ3) is 2.37. The van der Waals surface area contributed by atoms with Gasteiger partial charge in [0, 0.05) is 17.2 Å². The van der Waals surface area contributed by atoms with Crippen molar-refractivity contribution in [3.63, 3.8) is 0 Å². The Bertz CT molecular complexity index is 466. The number of methoxy groups -OCH3 is 1. The zero-order valence-corrected chi connectivity index (χ0v) is 9.37. The average molecular weight is 238 g/mol. The van der Waals surface area contributed by atoms with E-state index in [1.165, 1.54) is 18.6 Å². The number of H-pyrrole nitrogens is 1. The molecule has 0 aliphatic heterocycles. The lowest BCUT2D eigenvalue weighted by atomic mass is 10.4. The minimum Gasteiger partial charge on any atom is -0.464 e. The molecule has 0 spiro atoms. The number of nitrogens with zero attached hydrogens (tertiary/aromatic N) is 2. The number of carbonyl (C=O) groups excluding carboxylic acids is 1. The lowest BCUT2D eigenvalue weighted by molar-refractivity contribution is 0.0594. The van der Waals surface area contributed by atoms with E-state index in [1.54, 1.807) is 12.3 Å². The second-order valence-corrected chi connectivity index (χ2v) is 3.81. The molecule has 6 nitrogen and oxygen atoms in total. The van der Waals surface area contributed by atoms with E-state index in [-0.39, 0.29) is 5.97 Å². The second-order valence-electron chi connectivity index (χ2n) is 3.02. The van der Waals surface area contributed by atoms with Gasteiger partial charge < -0.3 is 15.0 Å². The molecule has 2 heterocycles. The van der Waals surface area contributed by atoms with Crippen LogP contribution in [0, 0.1) is 0 Å². The fraction of sp³-hybridized carbons (Fsp3) is 0.222. The third-order valence-electron chi connectivity index (χ3n) is 1.97. The average Bonchev–Trinajstić information content (AvgIpc) is 2.96. The van der Waals surface area contributed by atoms with E-state index in [0.29, 0.717) is 12.2 Å². The van der Waals surface area contributed by atoms with Crippen LogP contribution >= 0.6 is 11.5 Å². The number of rotatable bonds is 4. The number of anilines is 1.